The van der Waals surface area contributed by atoms with E-state index in [-0.39, 0.29) is 24.8 Å². The molecular weight excluding hydrogens is 239 g/mol. The van der Waals surface area contributed by atoms with E-state index in [4.69, 9.17) is 4.74 Å². The van der Waals surface area contributed by atoms with Crippen molar-refractivity contribution in [3.63, 3.8) is 0 Å². The summed E-state index contributed by atoms with van der Waals surface area (Å²) in [6, 6.07) is -0.691. The smallest absolute Gasteiger partial charge is 0.246 e. The molecular formula is C12H17FN2O3. The summed E-state index contributed by atoms with van der Waals surface area (Å²) < 4.78 is 18.6. The number of hydrogen-bond acceptors (Lipinski definition) is 3. The maximum Gasteiger partial charge on any atom is 0.246 e. The number of carbonyl (C=O) groups excluding carboxylic acids is 2. The molecule has 2 saturated heterocycles. The molecule has 2 atom stereocenters. The molecule has 18 heavy (non-hydrogen) atoms. The molecule has 2 rings (SSSR count). The summed E-state index contributed by atoms with van der Waals surface area (Å²) in [5.41, 5.74) is 0. The summed E-state index contributed by atoms with van der Waals surface area (Å²) in [5.74, 6) is -0.574. The van der Waals surface area contributed by atoms with Crippen LogP contribution in [0.3, 0.4) is 0 Å². The van der Waals surface area contributed by atoms with E-state index in [9.17, 15) is 14.0 Å². The molecule has 2 aliphatic heterocycles. The monoisotopic (exact) mass is 256 g/mol. The number of alkyl halides is 1. The third-order valence-corrected chi connectivity index (χ3v) is 3.32. The van der Waals surface area contributed by atoms with Crippen LogP contribution in [0.15, 0.2) is 12.7 Å². The standard InChI is InChI=1S/C12H17FN2O3/c1-2-11(16)15-8-9(13)7-10(15)12(17)14-3-5-18-6-4-14/h2,9-10H,1,3-8H2/t9-,10+/m1/s1. The van der Waals surface area contributed by atoms with Crippen LogP contribution in [0.1, 0.15) is 6.42 Å². The van der Waals surface area contributed by atoms with Gasteiger partial charge in [-0.3, -0.25) is 9.59 Å². The van der Waals surface area contributed by atoms with E-state index >= 15 is 0 Å². The van der Waals surface area contributed by atoms with Crippen LogP contribution >= 0.6 is 0 Å². The van der Waals surface area contributed by atoms with Crippen LogP contribution in [0.4, 0.5) is 4.39 Å². The van der Waals surface area contributed by atoms with Crippen molar-refractivity contribution >= 4 is 11.8 Å². The average molecular weight is 256 g/mol. The first-order valence-electron chi connectivity index (χ1n) is 6.07. The lowest BCUT2D eigenvalue weighted by molar-refractivity contribution is -0.144. The Balaban J connectivity index is 2.07. The van der Waals surface area contributed by atoms with Gasteiger partial charge in [-0.05, 0) is 6.08 Å². The minimum atomic E-state index is -1.14. The first kappa shape index (κ1) is 13.0. The molecule has 0 aromatic rings. The Kier molecular flexibility index (Phi) is 3.96. The summed E-state index contributed by atoms with van der Waals surface area (Å²) in [7, 11) is 0. The van der Waals surface area contributed by atoms with E-state index in [1.165, 1.54) is 4.90 Å². The van der Waals surface area contributed by atoms with E-state index < -0.39 is 12.2 Å². The summed E-state index contributed by atoms with van der Waals surface area (Å²) in [6.45, 7) is 5.35. The zero-order valence-corrected chi connectivity index (χ0v) is 10.2. The predicted octanol–water partition coefficient (Wildman–Crippen LogP) is -0.0298. The molecule has 2 aliphatic rings. The van der Waals surface area contributed by atoms with E-state index in [0.717, 1.165) is 6.08 Å². The van der Waals surface area contributed by atoms with Gasteiger partial charge in [-0.15, -0.1) is 0 Å². The summed E-state index contributed by atoms with van der Waals surface area (Å²) in [6.07, 6.45) is 0.0665. The molecule has 2 amide bonds. The number of amides is 2. The number of rotatable bonds is 2. The minimum Gasteiger partial charge on any atom is -0.378 e. The number of halogens is 1. The quantitative estimate of drug-likeness (QED) is 0.652. The van der Waals surface area contributed by atoms with E-state index in [1.54, 1.807) is 4.90 Å². The molecule has 0 unspecified atom stereocenters. The van der Waals surface area contributed by atoms with Gasteiger partial charge in [-0.1, -0.05) is 6.58 Å². The van der Waals surface area contributed by atoms with Gasteiger partial charge in [0, 0.05) is 19.5 Å². The van der Waals surface area contributed by atoms with E-state index in [1.807, 2.05) is 0 Å². The second-order valence-corrected chi connectivity index (χ2v) is 4.48. The van der Waals surface area contributed by atoms with Crippen molar-refractivity contribution in [1.82, 2.24) is 9.80 Å². The van der Waals surface area contributed by atoms with Gasteiger partial charge in [-0.2, -0.15) is 0 Å². The highest BCUT2D eigenvalue weighted by Crippen LogP contribution is 2.23. The fourth-order valence-electron chi connectivity index (χ4n) is 2.37. The second kappa shape index (κ2) is 5.48. The molecule has 0 aromatic heterocycles. The molecule has 5 nitrogen and oxygen atoms in total. The predicted molar refractivity (Wildman–Crippen MR) is 62.6 cm³/mol. The number of carbonyl (C=O) groups is 2. The molecule has 100 valence electrons. The first-order chi connectivity index (χ1) is 8.63. The average Bonchev–Trinajstić information content (AvgIpc) is 2.80. The molecule has 0 aliphatic carbocycles. The third kappa shape index (κ3) is 2.53. The molecule has 2 heterocycles. The molecule has 0 bridgehead atoms. The molecule has 0 radical (unpaired) electrons. The van der Waals surface area contributed by atoms with Crippen molar-refractivity contribution in [3.8, 4) is 0 Å². The van der Waals surface area contributed by atoms with Crippen LogP contribution in [0.25, 0.3) is 0 Å². The number of morpholine rings is 1. The lowest BCUT2D eigenvalue weighted by Gasteiger charge is -2.32. The van der Waals surface area contributed by atoms with Crippen molar-refractivity contribution < 1.29 is 18.7 Å². The highest BCUT2D eigenvalue weighted by atomic mass is 19.1. The van der Waals surface area contributed by atoms with Gasteiger partial charge in [0.05, 0.1) is 19.8 Å². The Labute approximate surface area is 105 Å². The van der Waals surface area contributed by atoms with E-state index in [0.29, 0.717) is 26.3 Å². The molecule has 0 N–H and O–H groups in total. The summed E-state index contributed by atoms with van der Waals surface area (Å²) in [5, 5.41) is 0. The molecule has 2 fully saturated rings. The minimum absolute atomic E-state index is 0.0222. The Bertz CT molecular complexity index is 355. The van der Waals surface area contributed by atoms with Crippen molar-refractivity contribution in [2.45, 2.75) is 18.6 Å². The highest BCUT2D eigenvalue weighted by Gasteiger charge is 2.40. The van der Waals surface area contributed by atoms with Gasteiger partial charge in [0.15, 0.2) is 0 Å². The van der Waals surface area contributed by atoms with E-state index in [2.05, 4.69) is 6.58 Å². The first-order valence-corrected chi connectivity index (χ1v) is 6.07. The van der Waals surface area contributed by atoms with Crippen LogP contribution in [0.5, 0.6) is 0 Å². The van der Waals surface area contributed by atoms with Crippen LogP contribution in [0, 0.1) is 0 Å². The largest absolute Gasteiger partial charge is 0.378 e. The normalized spacial score (nSPS) is 28.3. The SMILES string of the molecule is C=CC(=O)N1C[C@H](F)C[C@H]1C(=O)N1CCOCC1. The fourth-order valence-corrected chi connectivity index (χ4v) is 2.37. The van der Waals surface area contributed by atoms with Crippen molar-refractivity contribution in [2.24, 2.45) is 0 Å². The molecule has 0 saturated carbocycles. The second-order valence-electron chi connectivity index (χ2n) is 4.48. The topological polar surface area (TPSA) is 49.9 Å². The third-order valence-electron chi connectivity index (χ3n) is 3.32. The van der Waals surface area contributed by atoms with Gasteiger partial charge < -0.3 is 14.5 Å². The van der Waals surface area contributed by atoms with Gasteiger partial charge in [-0.25, -0.2) is 4.39 Å². The van der Waals surface area contributed by atoms with Gasteiger partial charge >= 0.3 is 0 Å². The maximum atomic E-state index is 13.4. The number of hydrogen-bond donors (Lipinski definition) is 0. The Morgan fingerprint density at radius 1 is 1.33 bits per heavy atom. The van der Waals surface area contributed by atoms with Crippen molar-refractivity contribution in [2.75, 3.05) is 32.8 Å². The van der Waals surface area contributed by atoms with Gasteiger partial charge in [0.1, 0.15) is 12.2 Å². The zero-order chi connectivity index (χ0) is 13.1. The maximum absolute atomic E-state index is 13.4. The van der Waals surface area contributed by atoms with Crippen LogP contribution in [0.2, 0.25) is 0 Å². The summed E-state index contributed by atoms with van der Waals surface area (Å²) in [4.78, 5) is 26.8. The Morgan fingerprint density at radius 3 is 2.61 bits per heavy atom. The van der Waals surface area contributed by atoms with Crippen molar-refractivity contribution in [1.29, 1.82) is 0 Å². The van der Waals surface area contributed by atoms with Gasteiger partial charge in [0.25, 0.3) is 0 Å². The molecule has 0 aromatic carbocycles. The van der Waals surface area contributed by atoms with Crippen LogP contribution in [-0.4, -0.2) is 66.7 Å². The Hall–Kier alpha value is -1.43. The van der Waals surface area contributed by atoms with Gasteiger partial charge in [0.2, 0.25) is 11.8 Å². The van der Waals surface area contributed by atoms with Crippen molar-refractivity contribution in [3.05, 3.63) is 12.7 Å². The highest BCUT2D eigenvalue weighted by molar-refractivity contribution is 5.93. The van der Waals surface area contributed by atoms with Crippen LogP contribution < -0.4 is 0 Å². The molecule has 6 heteroatoms. The number of nitrogens with zero attached hydrogens (tertiary/aromatic N) is 2. The summed E-state index contributed by atoms with van der Waals surface area (Å²) >= 11 is 0. The van der Waals surface area contributed by atoms with Crippen LogP contribution in [-0.2, 0) is 14.3 Å². The zero-order valence-electron chi connectivity index (χ0n) is 10.2. The lowest BCUT2D eigenvalue weighted by Crippen LogP contribution is -2.50. The lowest BCUT2D eigenvalue weighted by atomic mass is 10.1. The number of ether oxygens (including phenoxy) is 1. The molecule has 0 spiro atoms. The fraction of sp³-hybridized carbons (Fsp3) is 0.667. The Morgan fingerprint density at radius 2 is 2.00 bits per heavy atom. The number of likely N-dealkylation sites (tertiary alicyclic amines) is 1.